The number of hydrogen-bond donors (Lipinski definition) is 2. The summed E-state index contributed by atoms with van der Waals surface area (Å²) in [5, 5.41) is 33.2. The van der Waals surface area contributed by atoms with E-state index in [-0.39, 0.29) is 29.7 Å². The Morgan fingerprint density at radius 1 is 1.27 bits per heavy atom. The highest BCUT2D eigenvalue weighted by atomic mass is 35.5. The molecule has 2 aromatic carbocycles. The lowest BCUT2D eigenvalue weighted by Crippen LogP contribution is -2.59. The third-order valence-corrected chi connectivity index (χ3v) is 6.44. The molecular weight excluding hydrogens is 410 g/mol. The van der Waals surface area contributed by atoms with Gasteiger partial charge in [0.05, 0.1) is 37.2 Å². The van der Waals surface area contributed by atoms with Crippen LogP contribution >= 0.6 is 11.6 Å². The van der Waals surface area contributed by atoms with E-state index >= 15 is 0 Å². The summed E-state index contributed by atoms with van der Waals surface area (Å²) in [4.78, 5) is 23.0. The number of likely N-dealkylation sites (N-methyl/N-ethyl adjacent to an activating group) is 1. The Balaban J connectivity index is 1.91. The van der Waals surface area contributed by atoms with E-state index in [1.54, 1.807) is 37.4 Å². The Kier molecular flexibility index (Phi) is 4.85. The molecule has 0 amide bonds. The summed E-state index contributed by atoms with van der Waals surface area (Å²) in [6.07, 6.45) is 0.840. The Labute approximate surface area is 178 Å². The number of benzene rings is 2. The molecule has 3 atom stereocenters. The maximum absolute atomic E-state index is 11.9. The van der Waals surface area contributed by atoms with Crippen LogP contribution in [0.2, 0.25) is 5.02 Å². The van der Waals surface area contributed by atoms with Gasteiger partial charge in [-0.2, -0.15) is 0 Å². The fraction of sp³-hybridized carbons (Fsp3) is 0.273. The number of nitrogens with zero attached hydrogens (tertiary/aromatic N) is 1. The molecule has 156 valence electrons. The van der Waals surface area contributed by atoms with E-state index < -0.39 is 23.5 Å². The predicted octanol–water partition coefficient (Wildman–Crippen LogP) is 1.99. The molecule has 0 saturated carbocycles. The van der Waals surface area contributed by atoms with Gasteiger partial charge in [-0.05, 0) is 12.1 Å². The topological polar surface area (TPSA) is 107 Å². The molecule has 0 spiro atoms. The molecule has 2 aliphatic heterocycles. The summed E-state index contributed by atoms with van der Waals surface area (Å²) in [7, 11) is 1.64. The average molecular weight is 430 g/mol. The number of carbonyl (C=O) groups is 2. The van der Waals surface area contributed by atoms with Crippen molar-refractivity contribution in [1.82, 2.24) is 0 Å². The quantitative estimate of drug-likeness (QED) is 0.570. The van der Waals surface area contributed by atoms with Crippen molar-refractivity contribution in [2.24, 2.45) is 0 Å². The van der Waals surface area contributed by atoms with Crippen molar-refractivity contribution < 1.29 is 34.1 Å². The number of aliphatic hydroxyl groups is 1. The Morgan fingerprint density at radius 3 is 2.70 bits per heavy atom. The maximum Gasteiger partial charge on any atom is 0.334 e. The number of carboxylic acid groups (broad SMARTS) is 2. The Morgan fingerprint density at radius 2 is 2.00 bits per heavy atom. The minimum Gasteiger partial charge on any atom is -0.540 e. The fourth-order valence-electron chi connectivity index (χ4n) is 4.61. The van der Waals surface area contributed by atoms with Crippen LogP contribution in [0.25, 0.3) is 0 Å². The fourth-order valence-corrected chi connectivity index (χ4v) is 4.82. The lowest BCUT2D eigenvalue weighted by Gasteiger charge is -2.49. The number of para-hydroxylation sites is 2. The summed E-state index contributed by atoms with van der Waals surface area (Å²) < 4.78 is 5.89. The highest BCUT2D eigenvalue weighted by Crippen LogP contribution is 2.55. The van der Waals surface area contributed by atoms with Crippen LogP contribution in [0.1, 0.15) is 23.5 Å². The van der Waals surface area contributed by atoms with Crippen molar-refractivity contribution in [2.75, 3.05) is 20.1 Å². The van der Waals surface area contributed by atoms with Gasteiger partial charge < -0.3 is 24.9 Å². The van der Waals surface area contributed by atoms with E-state index in [1.165, 1.54) is 0 Å². The number of quaternary nitrogens is 1. The molecule has 0 unspecified atom stereocenters. The molecule has 2 aromatic rings. The Bertz CT molecular complexity index is 1080. The zero-order valence-corrected chi connectivity index (χ0v) is 16.9. The second-order valence-electron chi connectivity index (χ2n) is 7.94. The number of piperidine rings is 1. The third kappa shape index (κ3) is 3.15. The molecular formula is C22H20ClNO6. The van der Waals surface area contributed by atoms with Crippen LogP contribution in [0.4, 0.5) is 0 Å². The number of ether oxygens (including phenoxy) is 1. The summed E-state index contributed by atoms with van der Waals surface area (Å²) in [6.45, 7) is 0.324. The number of carbonyl (C=O) groups excluding carboxylic acids is 1. The van der Waals surface area contributed by atoms with Gasteiger partial charge in [0.25, 0.3) is 0 Å². The maximum atomic E-state index is 11.9. The van der Waals surface area contributed by atoms with E-state index in [9.17, 15) is 19.8 Å². The number of fused-ring (bicyclic) bond motifs is 5. The van der Waals surface area contributed by atoms with Crippen molar-refractivity contribution in [3.63, 3.8) is 0 Å². The first-order valence-electron chi connectivity index (χ1n) is 9.45. The standard InChI is InChI=1S/C22H20ClNO6/c1-24(17(21(27)28)11-19(25)26)10-9-22(29)14-6-4-7-16(23)20(14)30-18-8-3-2-5-13(18)15(22)12-24/h2-8,11,15,29H,9-10,12H2,1H3,(H-,25,26,27,28)/b17-11-/t15-,22-,24-/m1/s1. The second-order valence-corrected chi connectivity index (χ2v) is 8.35. The highest BCUT2D eigenvalue weighted by molar-refractivity contribution is 6.32. The smallest absolute Gasteiger partial charge is 0.334 e. The molecule has 2 aliphatic rings. The molecule has 4 rings (SSSR count). The van der Waals surface area contributed by atoms with Gasteiger partial charge in [-0.15, -0.1) is 0 Å². The van der Waals surface area contributed by atoms with Crippen molar-refractivity contribution in [1.29, 1.82) is 0 Å². The minimum atomic E-state index is -1.55. The van der Waals surface area contributed by atoms with Crippen LogP contribution in [0.3, 0.4) is 0 Å². The van der Waals surface area contributed by atoms with E-state index in [2.05, 4.69) is 0 Å². The average Bonchev–Trinajstić information content (AvgIpc) is 2.80. The van der Waals surface area contributed by atoms with Crippen LogP contribution in [0.15, 0.2) is 54.2 Å². The zero-order valence-electron chi connectivity index (χ0n) is 16.2. The first-order chi connectivity index (χ1) is 14.2. The number of likely N-dealkylation sites (tertiary alicyclic amines) is 1. The Hall–Kier alpha value is -2.87. The van der Waals surface area contributed by atoms with Crippen LogP contribution in [-0.2, 0) is 15.2 Å². The molecule has 30 heavy (non-hydrogen) atoms. The molecule has 2 heterocycles. The normalized spacial score (nSPS) is 27.7. The SMILES string of the molecule is C[N@@+]1(/C(=C\C(=O)O)C(=O)[O-])CC[C@@]2(O)c3cccc(Cl)c3Oc3ccccc3[C@H]2C1. The summed E-state index contributed by atoms with van der Waals surface area (Å²) in [5.74, 6) is -2.60. The van der Waals surface area contributed by atoms with Crippen molar-refractivity contribution in [3.05, 3.63) is 70.4 Å². The predicted molar refractivity (Wildman–Crippen MR) is 106 cm³/mol. The van der Waals surface area contributed by atoms with Gasteiger partial charge in [0.15, 0.2) is 11.4 Å². The number of hydrogen-bond acceptors (Lipinski definition) is 5. The van der Waals surface area contributed by atoms with Crippen molar-refractivity contribution in [2.45, 2.75) is 17.9 Å². The van der Waals surface area contributed by atoms with E-state index in [0.717, 1.165) is 0 Å². The molecule has 7 nitrogen and oxygen atoms in total. The largest absolute Gasteiger partial charge is 0.540 e. The monoisotopic (exact) mass is 429 g/mol. The lowest BCUT2D eigenvalue weighted by molar-refractivity contribution is -0.879. The summed E-state index contributed by atoms with van der Waals surface area (Å²) in [5.41, 5.74) is -0.493. The minimum absolute atomic E-state index is 0.135. The molecule has 2 N–H and O–H groups in total. The van der Waals surface area contributed by atoms with Gasteiger partial charge in [0, 0.05) is 17.5 Å². The van der Waals surface area contributed by atoms with E-state index in [1.807, 2.05) is 12.1 Å². The molecule has 0 aliphatic carbocycles. The lowest BCUT2D eigenvalue weighted by atomic mass is 9.72. The first-order valence-corrected chi connectivity index (χ1v) is 9.83. The van der Waals surface area contributed by atoms with Crippen molar-refractivity contribution in [3.8, 4) is 11.5 Å². The van der Waals surface area contributed by atoms with Crippen LogP contribution in [0.5, 0.6) is 11.5 Å². The van der Waals surface area contributed by atoms with E-state index in [0.29, 0.717) is 33.7 Å². The number of carboxylic acids is 2. The van der Waals surface area contributed by atoms with E-state index in [4.69, 9.17) is 21.4 Å². The van der Waals surface area contributed by atoms with Gasteiger partial charge in [-0.3, -0.25) is 4.48 Å². The van der Waals surface area contributed by atoms with Crippen LogP contribution in [0, 0.1) is 0 Å². The van der Waals surface area contributed by atoms with Gasteiger partial charge in [0.1, 0.15) is 17.3 Å². The molecule has 1 saturated heterocycles. The first kappa shape index (κ1) is 20.4. The highest BCUT2D eigenvalue weighted by Gasteiger charge is 2.54. The number of halogens is 1. The summed E-state index contributed by atoms with van der Waals surface area (Å²) in [6, 6.07) is 12.4. The molecule has 0 bridgehead atoms. The van der Waals surface area contributed by atoms with Gasteiger partial charge >= 0.3 is 5.97 Å². The van der Waals surface area contributed by atoms with Crippen molar-refractivity contribution >= 4 is 23.5 Å². The number of aliphatic carboxylic acids is 2. The van der Waals surface area contributed by atoms with Gasteiger partial charge in [-0.25, -0.2) is 4.79 Å². The number of rotatable bonds is 3. The second kappa shape index (κ2) is 7.12. The molecule has 8 heteroatoms. The third-order valence-electron chi connectivity index (χ3n) is 6.14. The molecule has 0 radical (unpaired) electrons. The zero-order chi connectivity index (χ0) is 21.7. The van der Waals surface area contributed by atoms with Gasteiger partial charge in [0.2, 0.25) is 0 Å². The van der Waals surface area contributed by atoms with Crippen LogP contribution in [-0.4, -0.2) is 46.8 Å². The van der Waals surface area contributed by atoms with Crippen LogP contribution < -0.4 is 9.84 Å². The summed E-state index contributed by atoms with van der Waals surface area (Å²) >= 11 is 6.38. The van der Waals surface area contributed by atoms with Gasteiger partial charge in [-0.1, -0.05) is 41.9 Å². The molecule has 1 fully saturated rings. The molecule has 0 aromatic heterocycles.